The predicted molar refractivity (Wildman–Crippen MR) is 113 cm³/mol. The van der Waals surface area contributed by atoms with Gasteiger partial charge in [0.2, 0.25) is 0 Å². The van der Waals surface area contributed by atoms with Crippen molar-refractivity contribution in [3.05, 3.63) is 106 Å². The molecule has 0 unspecified atom stereocenters. The molecule has 7 heteroatoms. The topological polar surface area (TPSA) is 78.3 Å². The van der Waals surface area contributed by atoms with Crippen molar-refractivity contribution in [3.63, 3.8) is 0 Å². The number of rotatable bonds is 6. The van der Waals surface area contributed by atoms with E-state index >= 15 is 0 Å². The predicted octanol–water partition coefficient (Wildman–Crippen LogP) is 3.76. The molecule has 4 rings (SSSR count). The van der Waals surface area contributed by atoms with Gasteiger partial charge in [0, 0.05) is 17.7 Å². The number of hydrogen-bond donors (Lipinski definition) is 0. The number of halogens is 1. The van der Waals surface area contributed by atoms with Gasteiger partial charge < -0.3 is 4.74 Å². The molecule has 3 aromatic carbocycles. The highest BCUT2D eigenvalue weighted by Gasteiger charge is 2.11. The highest BCUT2D eigenvalue weighted by Crippen LogP contribution is 2.16. The number of esters is 1. The number of para-hydroxylation sites is 1. The first-order chi connectivity index (χ1) is 15.0. The maximum atomic E-state index is 13.0. The first kappa shape index (κ1) is 20.2. The summed E-state index contributed by atoms with van der Waals surface area (Å²) in [6.07, 6.45) is 1.39. The van der Waals surface area contributed by atoms with Crippen LogP contribution in [0.3, 0.4) is 0 Å². The van der Waals surface area contributed by atoms with Crippen LogP contribution >= 0.6 is 0 Å². The van der Waals surface area contributed by atoms with Crippen LogP contribution in [0.2, 0.25) is 0 Å². The van der Waals surface area contributed by atoms with Crippen LogP contribution in [-0.2, 0) is 11.3 Å². The van der Waals surface area contributed by atoms with Crippen LogP contribution in [0.1, 0.15) is 22.3 Å². The SMILES string of the molecule is O=C(CCn1cnc2ccccc2c1=O)Oc1ccc(C(=O)c2ccc(F)cc2)cc1. The molecule has 1 aromatic heterocycles. The van der Waals surface area contributed by atoms with Crippen molar-refractivity contribution < 1.29 is 18.7 Å². The molecule has 0 saturated heterocycles. The van der Waals surface area contributed by atoms with Gasteiger partial charge >= 0.3 is 5.97 Å². The molecule has 0 bridgehead atoms. The van der Waals surface area contributed by atoms with Crippen molar-refractivity contribution >= 4 is 22.7 Å². The molecule has 31 heavy (non-hydrogen) atoms. The van der Waals surface area contributed by atoms with Gasteiger partial charge in [-0.25, -0.2) is 9.37 Å². The van der Waals surface area contributed by atoms with Crippen LogP contribution in [0.4, 0.5) is 4.39 Å². The summed E-state index contributed by atoms with van der Waals surface area (Å²) in [7, 11) is 0. The molecule has 0 aliphatic rings. The molecule has 0 aliphatic carbocycles. The summed E-state index contributed by atoms with van der Waals surface area (Å²) in [5, 5.41) is 0.486. The minimum atomic E-state index is -0.516. The summed E-state index contributed by atoms with van der Waals surface area (Å²) in [6, 6.07) is 18.4. The second-order valence-corrected chi connectivity index (χ2v) is 6.84. The minimum absolute atomic E-state index is 0.0177. The fourth-order valence-corrected chi connectivity index (χ4v) is 3.10. The van der Waals surface area contributed by atoms with Gasteiger partial charge in [0.15, 0.2) is 5.78 Å². The van der Waals surface area contributed by atoms with Crippen molar-refractivity contribution in [2.24, 2.45) is 0 Å². The molecule has 0 fully saturated rings. The molecular weight excluding hydrogens is 399 g/mol. The van der Waals surface area contributed by atoms with Crippen LogP contribution in [0.15, 0.2) is 83.9 Å². The van der Waals surface area contributed by atoms with Crippen LogP contribution in [0, 0.1) is 5.82 Å². The van der Waals surface area contributed by atoms with Gasteiger partial charge in [-0.3, -0.25) is 19.0 Å². The van der Waals surface area contributed by atoms with E-state index in [1.807, 2.05) is 0 Å². The highest BCUT2D eigenvalue weighted by atomic mass is 19.1. The van der Waals surface area contributed by atoms with Crippen molar-refractivity contribution in [2.75, 3.05) is 0 Å². The first-order valence-corrected chi connectivity index (χ1v) is 9.56. The molecule has 0 N–H and O–H groups in total. The Balaban J connectivity index is 1.38. The minimum Gasteiger partial charge on any atom is -0.426 e. The third-order valence-corrected chi connectivity index (χ3v) is 4.74. The van der Waals surface area contributed by atoms with Gasteiger partial charge in [-0.05, 0) is 60.7 Å². The Morgan fingerprint density at radius 1 is 0.903 bits per heavy atom. The van der Waals surface area contributed by atoms with Crippen LogP contribution in [0.25, 0.3) is 10.9 Å². The van der Waals surface area contributed by atoms with E-state index in [0.717, 1.165) is 0 Å². The molecule has 154 valence electrons. The third kappa shape index (κ3) is 4.56. The summed E-state index contributed by atoms with van der Waals surface area (Å²) in [6.45, 7) is 0.136. The number of aromatic nitrogens is 2. The summed E-state index contributed by atoms with van der Waals surface area (Å²) in [5.74, 6) is -0.913. The maximum Gasteiger partial charge on any atom is 0.312 e. The molecule has 0 amide bonds. The molecule has 0 aliphatic heterocycles. The fourth-order valence-electron chi connectivity index (χ4n) is 3.10. The molecule has 0 spiro atoms. The van der Waals surface area contributed by atoms with Gasteiger partial charge in [-0.1, -0.05) is 12.1 Å². The number of hydrogen-bond acceptors (Lipinski definition) is 5. The standard InChI is InChI=1S/C24H17FN2O4/c25-18-9-5-16(6-10-18)23(29)17-7-11-19(12-8-17)31-22(28)13-14-27-15-26-21-4-2-1-3-20(21)24(27)30/h1-12,15H,13-14H2. The first-order valence-electron chi connectivity index (χ1n) is 9.56. The Kier molecular flexibility index (Phi) is 5.66. The van der Waals surface area contributed by atoms with Crippen LogP contribution < -0.4 is 10.3 Å². The van der Waals surface area contributed by atoms with Crippen molar-refractivity contribution in [2.45, 2.75) is 13.0 Å². The second-order valence-electron chi connectivity index (χ2n) is 6.84. The fraction of sp³-hybridized carbons (Fsp3) is 0.0833. The normalized spacial score (nSPS) is 10.7. The number of ketones is 1. The Labute approximate surface area is 176 Å². The summed E-state index contributed by atoms with van der Waals surface area (Å²) in [4.78, 5) is 41.3. The average molecular weight is 416 g/mol. The monoisotopic (exact) mass is 416 g/mol. The van der Waals surface area contributed by atoms with E-state index in [1.165, 1.54) is 59.4 Å². The smallest absolute Gasteiger partial charge is 0.312 e. The lowest BCUT2D eigenvalue weighted by atomic mass is 10.0. The molecule has 6 nitrogen and oxygen atoms in total. The zero-order chi connectivity index (χ0) is 21.8. The second kappa shape index (κ2) is 8.71. The molecule has 0 atom stereocenters. The number of carbonyl (C=O) groups is 2. The lowest BCUT2D eigenvalue weighted by molar-refractivity contribution is -0.134. The average Bonchev–Trinajstić information content (AvgIpc) is 2.79. The van der Waals surface area contributed by atoms with Crippen LogP contribution in [-0.4, -0.2) is 21.3 Å². The van der Waals surface area contributed by atoms with Gasteiger partial charge in [-0.15, -0.1) is 0 Å². The van der Waals surface area contributed by atoms with Crippen molar-refractivity contribution in [3.8, 4) is 5.75 Å². The summed E-state index contributed by atoms with van der Waals surface area (Å²) < 4.78 is 19.7. The Bertz CT molecular complexity index is 1310. The summed E-state index contributed by atoms with van der Waals surface area (Å²) in [5.41, 5.74) is 1.13. The largest absolute Gasteiger partial charge is 0.426 e. The number of nitrogens with zero attached hydrogens (tertiary/aromatic N) is 2. The Morgan fingerprint density at radius 2 is 1.55 bits per heavy atom. The zero-order valence-electron chi connectivity index (χ0n) is 16.3. The molecule has 0 saturated carbocycles. The Hall–Kier alpha value is -4.13. The van der Waals surface area contributed by atoms with Gasteiger partial charge in [-0.2, -0.15) is 0 Å². The number of fused-ring (bicyclic) bond motifs is 1. The van der Waals surface area contributed by atoms with E-state index in [1.54, 1.807) is 24.3 Å². The number of carbonyl (C=O) groups excluding carboxylic acids is 2. The highest BCUT2D eigenvalue weighted by molar-refractivity contribution is 6.09. The van der Waals surface area contributed by atoms with E-state index in [4.69, 9.17) is 4.74 Å². The van der Waals surface area contributed by atoms with Crippen molar-refractivity contribution in [1.29, 1.82) is 0 Å². The molecular formula is C24H17FN2O4. The molecule has 1 heterocycles. The third-order valence-electron chi connectivity index (χ3n) is 4.74. The Morgan fingerprint density at radius 3 is 2.26 bits per heavy atom. The van der Waals surface area contributed by atoms with E-state index in [2.05, 4.69) is 4.98 Å². The van der Waals surface area contributed by atoms with Gasteiger partial charge in [0.25, 0.3) is 5.56 Å². The zero-order valence-corrected chi connectivity index (χ0v) is 16.3. The van der Waals surface area contributed by atoms with Crippen molar-refractivity contribution in [1.82, 2.24) is 9.55 Å². The molecule has 4 aromatic rings. The van der Waals surface area contributed by atoms with Gasteiger partial charge in [0.05, 0.1) is 23.7 Å². The molecule has 0 radical (unpaired) electrons. The van der Waals surface area contributed by atoms with E-state index in [0.29, 0.717) is 22.0 Å². The van der Waals surface area contributed by atoms with Gasteiger partial charge in [0.1, 0.15) is 11.6 Å². The number of aryl methyl sites for hydroxylation is 1. The van der Waals surface area contributed by atoms with E-state index in [9.17, 15) is 18.8 Å². The number of ether oxygens (including phenoxy) is 1. The van der Waals surface area contributed by atoms with E-state index in [-0.39, 0.29) is 30.1 Å². The summed E-state index contributed by atoms with van der Waals surface area (Å²) >= 11 is 0. The maximum absolute atomic E-state index is 13.0. The lowest BCUT2D eigenvalue weighted by Gasteiger charge is -2.08. The quantitative estimate of drug-likeness (QED) is 0.272. The number of benzene rings is 3. The lowest BCUT2D eigenvalue weighted by Crippen LogP contribution is -2.23. The van der Waals surface area contributed by atoms with E-state index < -0.39 is 11.8 Å². The van der Waals surface area contributed by atoms with Crippen LogP contribution in [0.5, 0.6) is 5.75 Å².